The van der Waals surface area contributed by atoms with Crippen LogP contribution in [0.25, 0.3) is 0 Å². The number of nitrogens with zero attached hydrogens (tertiary/aromatic N) is 2. The number of hydrogen-bond donors (Lipinski definition) is 2. The number of benzene rings is 2. The molecule has 4 rings (SSSR count). The zero-order valence-electron chi connectivity index (χ0n) is 16.2. The molecule has 29 heavy (non-hydrogen) atoms. The summed E-state index contributed by atoms with van der Waals surface area (Å²) in [5.41, 5.74) is 2.24. The summed E-state index contributed by atoms with van der Waals surface area (Å²) in [5.74, 6) is -0.337. The normalized spacial score (nSPS) is 14.5. The molecule has 0 fully saturated rings. The van der Waals surface area contributed by atoms with E-state index in [4.69, 9.17) is 0 Å². The summed E-state index contributed by atoms with van der Waals surface area (Å²) in [6, 6.07) is 14.9. The molecule has 1 aliphatic rings. The standard InChI is InChI=1S/C22H21FN4O2/c1-22(2)19-17(13-27(22)21(29)15-8-10-16(23)11-9-15)20(26-25-19)24-18(28)12-14-6-4-3-5-7-14/h3-11H,12-13H2,1-2H3,(H2,24,25,26,28). The number of carbonyl (C=O) groups excluding carboxylic acids is 2. The van der Waals surface area contributed by atoms with Gasteiger partial charge < -0.3 is 10.2 Å². The summed E-state index contributed by atoms with van der Waals surface area (Å²) in [5, 5.41) is 10.1. The van der Waals surface area contributed by atoms with Gasteiger partial charge in [0.2, 0.25) is 5.91 Å². The van der Waals surface area contributed by atoms with Gasteiger partial charge in [0, 0.05) is 11.1 Å². The largest absolute Gasteiger partial charge is 0.323 e. The second-order valence-electron chi connectivity index (χ2n) is 7.59. The monoisotopic (exact) mass is 392 g/mol. The van der Waals surface area contributed by atoms with Gasteiger partial charge in [-0.3, -0.25) is 14.7 Å². The van der Waals surface area contributed by atoms with Gasteiger partial charge in [0.1, 0.15) is 5.82 Å². The Morgan fingerprint density at radius 2 is 1.83 bits per heavy atom. The second-order valence-corrected chi connectivity index (χ2v) is 7.59. The highest BCUT2D eigenvalue weighted by Crippen LogP contribution is 2.41. The Hall–Kier alpha value is -3.48. The molecule has 0 saturated heterocycles. The summed E-state index contributed by atoms with van der Waals surface area (Å²) < 4.78 is 13.2. The maximum Gasteiger partial charge on any atom is 0.254 e. The molecule has 0 spiro atoms. The number of aromatic amines is 1. The molecule has 0 atom stereocenters. The van der Waals surface area contributed by atoms with E-state index in [1.807, 2.05) is 44.2 Å². The Morgan fingerprint density at radius 3 is 2.52 bits per heavy atom. The van der Waals surface area contributed by atoms with Gasteiger partial charge in [-0.25, -0.2) is 4.39 Å². The molecule has 1 aromatic heterocycles. The van der Waals surface area contributed by atoms with Crippen LogP contribution < -0.4 is 5.32 Å². The average molecular weight is 392 g/mol. The SMILES string of the molecule is CC1(C)c2[nH]nc(NC(=O)Cc3ccccc3)c2CN1C(=O)c1ccc(F)cc1. The van der Waals surface area contributed by atoms with E-state index in [-0.39, 0.29) is 24.1 Å². The zero-order chi connectivity index (χ0) is 20.6. The van der Waals surface area contributed by atoms with E-state index in [1.54, 1.807) is 4.90 Å². The summed E-state index contributed by atoms with van der Waals surface area (Å²) in [4.78, 5) is 27.1. The van der Waals surface area contributed by atoms with E-state index in [9.17, 15) is 14.0 Å². The highest BCUT2D eigenvalue weighted by molar-refractivity contribution is 5.96. The molecular formula is C22H21FN4O2. The van der Waals surface area contributed by atoms with Crippen LogP contribution in [-0.4, -0.2) is 26.9 Å². The van der Waals surface area contributed by atoms with Crippen molar-refractivity contribution in [2.45, 2.75) is 32.4 Å². The van der Waals surface area contributed by atoms with Crippen molar-refractivity contribution in [2.24, 2.45) is 0 Å². The fraction of sp³-hybridized carbons (Fsp3) is 0.227. The Morgan fingerprint density at radius 1 is 1.14 bits per heavy atom. The second kappa shape index (κ2) is 7.16. The van der Waals surface area contributed by atoms with Crippen molar-refractivity contribution < 1.29 is 14.0 Å². The van der Waals surface area contributed by atoms with Crippen LogP contribution in [-0.2, 0) is 23.3 Å². The quantitative estimate of drug-likeness (QED) is 0.712. The van der Waals surface area contributed by atoms with Crippen molar-refractivity contribution in [1.29, 1.82) is 0 Å². The molecular weight excluding hydrogens is 371 g/mol. The number of carbonyl (C=O) groups is 2. The summed E-state index contributed by atoms with van der Waals surface area (Å²) in [6.07, 6.45) is 0.240. The fourth-order valence-electron chi connectivity index (χ4n) is 3.65. The highest BCUT2D eigenvalue weighted by Gasteiger charge is 2.44. The van der Waals surface area contributed by atoms with Crippen LogP contribution in [0.3, 0.4) is 0 Å². The minimum absolute atomic E-state index is 0.174. The van der Waals surface area contributed by atoms with Crippen LogP contribution in [0.2, 0.25) is 0 Å². The molecule has 3 aromatic rings. The number of nitrogens with one attached hydrogen (secondary N) is 2. The number of amides is 2. The lowest BCUT2D eigenvalue weighted by Crippen LogP contribution is -2.40. The number of H-pyrrole nitrogens is 1. The van der Waals surface area contributed by atoms with Gasteiger partial charge in [-0.05, 0) is 43.7 Å². The highest BCUT2D eigenvalue weighted by atomic mass is 19.1. The molecule has 7 heteroatoms. The smallest absolute Gasteiger partial charge is 0.254 e. The molecule has 2 amide bonds. The Labute approximate surface area is 167 Å². The van der Waals surface area contributed by atoms with Crippen LogP contribution in [0.1, 0.15) is 41.0 Å². The lowest BCUT2D eigenvalue weighted by Gasteiger charge is -2.32. The first-order chi connectivity index (χ1) is 13.9. The van der Waals surface area contributed by atoms with Crippen LogP contribution in [0.5, 0.6) is 0 Å². The Balaban J connectivity index is 1.53. The number of fused-ring (bicyclic) bond motifs is 1. The van der Waals surface area contributed by atoms with Gasteiger partial charge in [0.25, 0.3) is 5.91 Å². The lowest BCUT2D eigenvalue weighted by molar-refractivity contribution is -0.115. The molecule has 0 saturated carbocycles. The van der Waals surface area contributed by atoms with Crippen LogP contribution in [0, 0.1) is 5.82 Å². The molecule has 1 aliphatic heterocycles. The van der Waals surface area contributed by atoms with E-state index in [2.05, 4.69) is 15.5 Å². The van der Waals surface area contributed by atoms with E-state index in [1.165, 1.54) is 24.3 Å². The van der Waals surface area contributed by atoms with Crippen molar-refractivity contribution in [3.8, 4) is 0 Å². The first-order valence-electron chi connectivity index (χ1n) is 9.35. The summed E-state index contributed by atoms with van der Waals surface area (Å²) in [6.45, 7) is 4.12. The molecule has 0 radical (unpaired) electrons. The van der Waals surface area contributed by atoms with E-state index in [0.29, 0.717) is 17.9 Å². The molecule has 0 unspecified atom stereocenters. The zero-order valence-corrected chi connectivity index (χ0v) is 16.2. The maximum atomic E-state index is 13.2. The number of halogens is 1. The fourth-order valence-corrected chi connectivity index (χ4v) is 3.65. The van der Waals surface area contributed by atoms with Crippen molar-refractivity contribution in [3.05, 3.63) is 82.8 Å². The Bertz CT molecular complexity index is 1060. The van der Waals surface area contributed by atoms with Crippen LogP contribution in [0.4, 0.5) is 10.2 Å². The van der Waals surface area contributed by atoms with Gasteiger partial charge in [0.15, 0.2) is 5.82 Å². The molecule has 148 valence electrons. The molecule has 2 aromatic carbocycles. The maximum absolute atomic E-state index is 13.2. The van der Waals surface area contributed by atoms with Crippen molar-refractivity contribution in [3.63, 3.8) is 0 Å². The topological polar surface area (TPSA) is 78.1 Å². The number of hydrogen-bond acceptors (Lipinski definition) is 3. The molecule has 2 heterocycles. The van der Waals surface area contributed by atoms with E-state index >= 15 is 0 Å². The van der Waals surface area contributed by atoms with E-state index in [0.717, 1.165) is 16.8 Å². The minimum atomic E-state index is -0.643. The first-order valence-corrected chi connectivity index (χ1v) is 9.35. The molecule has 2 N–H and O–H groups in total. The minimum Gasteiger partial charge on any atom is -0.323 e. The van der Waals surface area contributed by atoms with Gasteiger partial charge in [-0.2, -0.15) is 5.10 Å². The van der Waals surface area contributed by atoms with Crippen molar-refractivity contribution in [2.75, 3.05) is 5.32 Å². The summed E-state index contributed by atoms with van der Waals surface area (Å²) in [7, 11) is 0. The van der Waals surface area contributed by atoms with E-state index < -0.39 is 5.54 Å². The summed E-state index contributed by atoms with van der Waals surface area (Å²) >= 11 is 0. The predicted molar refractivity (Wildman–Crippen MR) is 107 cm³/mol. The Kier molecular flexibility index (Phi) is 4.66. The molecule has 0 bridgehead atoms. The van der Waals surface area contributed by atoms with Gasteiger partial charge in [-0.15, -0.1) is 0 Å². The molecule has 0 aliphatic carbocycles. The van der Waals surface area contributed by atoms with Crippen molar-refractivity contribution >= 4 is 17.6 Å². The third-order valence-electron chi connectivity index (χ3n) is 5.27. The molecule has 6 nitrogen and oxygen atoms in total. The van der Waals surface area contributed by atoms with Crippen molar-refractivity contribution in [1.82, 2.24) is 15.1 Å². The third kappa shape index (κ3) is 3.51. The van der Waals surface area contributed by atoms with Crippen LogP contribution >= 0.6 is 0 Å². The van der Waals surface area contributed by atoms with Gasteiger partial charge in [0.05, 0.1) is 24.2 Å². The number of anilines is 1. The third-order valence-corrected chi connectivity index (χ3v) is 5.27. The van der Waals surface area contributed by atoms with Gasteiger partial charge >= 0.3 is 0 Å². The van der Waals surface area contributed by atoms with Gasteiger partial charge in [-0.1, -0.05) is 30.3 Å². The number of aromatic nitrogens is 2. The van der Waals surface area contributed by atoms with Crippen LogP contribution in [0.15, 0.2) is 54.6 Å². The first kappa shape index (κ1) is 18.9. The average Bonchev–Trinajstić information content (AvgIpc) is 3.21. The predicted octanol–water partition coefficient (Wildman–Crippen LogP) is 3.62. The lowest BCUT2D eigenvalue weighted by atomic mass is 10.00. The number of rotatable bonds is 4.